The molecule has 7 heteroatoms. The molecule has 1 aromatic rings. The summed E-state index contributed by atoms with van der Waals surface area (Å²) in [5.41, 5.74) is 0.539. The van der Waals surface area contributed by atoms with Crippen LogP contribution in [0.4, 0.5) is 5.69 Å². The average molecular weight is 296 g/mol. The highest BCUT2D eigenvalue weighted by molar-refractivity contribution is 5.46. The van der Waals surface area contributed by atoms with Crippen molar-refractivity contribution in [3.8, 4) is 5.88 Å². The molecule has 0 spiro atoms. The fourth-order valence-electron chi connectivity index (χ4n) is 2.98. The van der Waals surface area contributed by atoms with Crippen LogP contribution >= 0.6 is 0 Å². The Morgan fingerprint density at radius 2 is 2.19 bits per heavy atom. The second kappa shape index (κ2) is 6.89. The first-order valence-corrected chi connectivity index (χ1v) is 7.62. The Labute approximate surface area is 124 Å². The molecule has 118 valence electrons. The average Bonchev–Trinajstić information content (AvgIpc) is 2.76. The third kappa shape index (κ3) is 3.34. The number of nitrogens with one attached hydrogen (secondary N) is 1. The normalized spacial score (nSPS) is 22.2. The van der Waals surface area contributed by atoms with Crippen molar-refractivity contribution in [2.24, 2.45) is 7.05 Å². The molecule has 1 saturated carbocycles. The largest absolute Gasteiger partial charge is 0.468 e. The van der Waals surface area contributed by atoms with E-state index in [9.17, 15) is 10.1 Å². The third-order valence-electron chi connectivity index (χ3n) is 4.05. The van der Waals surface area contributed by atoms with E-state index in [4.69, 9.17) is 4.74 Å². The van der Waals surface area contributed by atoms with Gasteiger partial charge < -0.3 is 10.1 Å². The number of nitro groups is 1. The number of hydrogen-bond acceptors (Lipinski definition) is 5. The predicted molar refractivity (Wildman–Crippen MR) is 79.6 cm³/mol. The van der Waals surface area contributed by atoms with Crippen molar-refractivity contribution in [3.05, 3.63) is 15.8 Å². The minimum Gasteiger partial charge on any atom is -0.468 e. The summed E-state index contributed by atoms with van der Waals surface area (Å²) >= 11 is 0. The monoisotopic (exact) mass is 296 g/mol. The fraction of sp³-hybridized carbons (Fsp3) is 0.786. The fourth-order valence-corrected chi connectivity index (χ4v) is 2.98. The van der Waals surface area contributed by atoms with Gasteiger partial charge >= 0.3 is 5.69 Å². The Kier molecular flexibility index (Phi) is 5.17. The van der Waals surface area contributed by atoms with Crippen LogP contribution in [0.3, 0.4) is 0 Å². The molecular formula is C14H24N4O3. The lowest BCUT2D eigenvalue weighted by atomic mass is 9.92. The van der Waals surface area contributed by atoms with E-state index in [0.29, 0.717) is 12.1 Å². The zero-order chi connectivity index (χ0) is 15.4. The maximum Gasteiger partial charge on any atom is 0.353 e. The summed E-state index contributed by atoms with van der Waals surface area (Å²) in [6.07, 6.45) is 5.59. The number of rotatable bonds is 6. The van der Waals surface area contributed by atoms with Gasteiger partial charge in [-0.05, 0) is 32.7 Å². The second-order valence-electron chi connectivity index (χ2n) is 5.57. The van der Waals surface area contributed by atoms with E-state index in [1.807, 2.05) is 14.0 Å². The third-order valence-corrected chi connectivity index (χ3v) is 4.05. The maximum absolute atomic E-state index is 11.4. The molecule has 1 heterocycles. The molecule has 1 aromatic heterocycles. The lowest BCUT2D eigenvalue weighted by Crippen LogP contribution is -2.43. The van der Waals surface area contributed by atoms with Gasteiger partial charge in [-0.15, -0.1) is 0 Å². The molecule has 21 heavy (non-hydrogen) atoms. The van der Waals surface area contributed by atoms with E-state index in [2.05, 4.69) is 10.4 Å². The van der Waals surface area contributed by atoms with Crippen LogP contribution in [0, 0.1) is 10.1 Å². The lowest BCUT2D eigenvalue weighted by Gasteiger charge is -2.31. The van der Waals surface area contributed by atoms with Crippen molar-refractivity contribution < 1.29 is 9.66 Å². The number of aryl methyl sites for hydroxylation is 2. The predicted octanol–water partition coefficient (Wildman–Crippen LogP) is 2.19. The van der Waals surface area contributed by atoms with Crippen molar-refractivity contribution >= 4 is 5.69 Å². The first kappa shape index (κ1) is 15.8. The van der Waals surface area contributed by atoms with Crippen molar-refractivity contribution in [1.29, 1.82) is 0 Å². The first-order valence-electron chi connectivity index (χ1n) is 7.62. The van der Waals surface area contributed by atoms with Crippen LogP contribution in [0.15, 0.2) is 0 Å². The van der Waals surface area contributed by atoms with Crippen LogP contribution < -0.4 is 10.1 Å². The Hall–Kier alpha value is -1.63. The van der Waals surface area contributed by atoms with Crippen molar-refractivity contribution in [2.75, 3.05) is 7.05 Å². The molecule has 2 atom stereocenters. The van der Waals surface area contributed by atoms with E-state index in [-0.39, 0.29) is 28.6 Å². The molecule has 1 N–H and O–H groups in total. The minimum absolute atomic E-state index is 0.0276. The summed E-state index contributed by atoms with van der Waals surface area (Å²) in [5, 5.41) is 18.9. The zero-order valence-corrected chi connectivity index (χ0v) is 13.0. The minimum atomic E-state index is -0.371. The van der Waals surface area contributed by atoms with Gasteiger partial charge in [-0.3, -0.25) is 10.1 Å². The molecule has 0 saturated heterocycles. The molecule has 0 aliphatic heterocycles. The van der Waals surface area contributed by atoms with Gasteiger partial charge in [0.15, 0.2) is 0 Å². The van der Waals surface area contributed by atoms with Crippen molar-refractivity contribution in [2.45, 2.75) is 57.6 Å². The van der Waals surface area contributed by atoms with Crippen LogP contribution in [0.2, 0.25) is 0 Å². The molecule has 0 amide bonds. The molecule has 1 aliphatic carbocycles. The van der Waals surface area contributed by atoms with Gasteiger partial charge in [0.1, 0.15) is 11.8 Å². The van der Waals surface area contributed by atoms with Gasteiger partial charge in [0, 0.05) is 13.1 Å². The summed E-state index contributed by atoms with van der Waals surface area (Å²) in [5.74, 6) is 0.288. The van der Waals surface area contributed by atoms with E-state index in [1.54, 1.807) is 7.05 Å². The van der Waals surface area contributed by atoms with Crippen molar-refractivity contribution in [1.82, 2.24) is 15.1 Å². The van der Waals surface area contributed by atoms with Gasteiger partial charge in [0.2, 0.25) is 0 Å². The molecule has 0 radical (unpaired) electrons. The molecule has 1 aliphatic rings. The highest BCUT2D eigenvalue weighted by Crippen LogP contribution is 2.34. The van der Waals surface area contributed by atoms with E-state index >= 15 is 0 Å². The Bertz CT molecular complexity index is 501. The molecule has 7 nitrogen and oxygen atoms in total. The summed E-state index contributed by atoms with van der Waals surface area (Å²) in [6, 6.07) is 0.239. The van der Waals surface area contributed by atoms with E-state index < -0.39 is 0 Å². The second-order valence-corrected chi connectivity index (χ2v) is 5.57. The summed E-state index contributed by atoms with van der Waals surface area (Å²) in [6.45, 7) is 1.98. The van der Waals surface area contributed by atoms with Crippen LogP contribution in [-0.4, -0.2) is 33.9 Å². The standard InChI is InChI=1S/C14H24N4O3/c1-4-7-11-13(18(19)20)14(17(3)16-11)21-12-9-6-5-8-10(12)15-2/h10,12,15H,4-9H2,1-3H3. The number of ether oxygens (including phenoxy) is 1. The van der Waals surface area contributed by atoms with E-state index in [1.165, 1.54) is 11.1 Å². The summed E-state index contributed by atoms with van der Waals surface area (Å²) < 4.78 is 7.51. The summed E-state index contributed by atoms with van der Waals surface area (Å²) in [7, 11) is 3.62. The Balaban J connectivity index is 2.27. The Morgan fingerprint density at radius 1 is 1.48 bits per heavy atom. The SMILES string of the molecule is CCCc1nn(C)c(OC2CCCCC2NC)c1[N+](=O)[O-]. The molecule has 2 rings (SSSR count). The van der Waals surface area contributed by atoms with Gasteiger partial charge in [-0.25, -0.2) is 4.68 Å². The van der Waals surface area contributed by atoms with Crippen LogP contribution in [0.5, 0.6) is 5.88 Å². The summed E-state index contributed by atoms with van der Waals surface area (Å²) in [4.78, 5) is 11.0. The topological polar surface area (TPSA) is 82.2 Å². The van der Waals surface area contributed by atoms with Crippen LogP contribution in [-0.2, 0) is 13.5 Å². The molecule has 0 aromatic carbocycles. The van der Waals surface area contributed by atoms with Gasteiger partial charge in [0.05, 0.1) is 4.92 Å². The van der Waals surface area contributed by atoms with Gasteiger partial charge in [0.25, 0.3) is 5.88 Å². The highest BCUT2D eigenvalue weighted by Gasteiger charge is 2.33. The zero-order valence-electron chi connectivity index (χ0n) is 13.0. The quantitative estimate of drug-likeness (QED) is 0.642. The number of nitrogens with zero attached hydrogens (tertiary/aromatic N) is 3. The number of aromatic nitrogens is 2. The van der Waals surface area contributed by atoms with Crippen LogP contribution in [0.1, 0.15) is 44.7 Å². The smallest absolute Gasteiger partial charge is 0.353 e. The maximum atomic E-state index is 11.4. The van der Waals surface area contributed by atoms with E-state index in [0.717, 1.165) is 25.7 Å². The van der Waals surface area contributed by atoms with Crippen LogP contribution in [0.25, 0.3) is 0 Å². The highest BCUT2D eigenvalue weighted by atomic mass is 16.6. The number of likely N-dealkylation sites (N-methyl/N-ethyl adjacent to an activating group) is 1. The molecule has 1 fully saturated rings. The first-order chi connectivity index (χ1) is 10.1. The van der Waals surface area contributed by atoms with Gasteiger partial charge in [-0.1, -0.05) is 19.8 Å². The molecule has 0 bridgehead atoms. The Morgan fingerprint density at radius 3 is 2.81 bits per heavy atom. The van der Waals surface area contributed by atoms with Crippen molar-refractivity contribution in [3.63, 3.8) is 0 Å². The van der Waals surface area contributed by atoms with Gasteiger partial charge in [-0.2, -0.15) is 5.10 Å². The number of hydrogen-bond donors (Lipinski definition) is 1. The molecule has 2 unspecified atom stereocenters. The molecular weight excluding hydrogens is 272 g/mol. The lowest BCUT2D eigenvalue weighted by molar-refractivity contribution is -0.386.